The van der Waals surface area contributed by atoms with Gasteiger partial charge in [-0.15, -0.1) is 0 Å². The largest absolute Gasteiger partial charge is 0.309 e. The van der Waals surface area contributed by atoms with Crippen molar-refractivity contribution in [1.82, 2.24) is 0 Å². The van der Waals surface area contributed by atoms with Gasteiger partial charge in [0.1, 0.15) is 0 Å². The number of carbonyl (C=O) groups is 1. The Bertz CT molecular complexity index is 677. The zero-order valence-corrected chi connectivity index (χ0v) is 14.5. The van der Waals surface area contributed by atoms with Crippen molar-refractivity contribution in [2.24, 2.45) is 0 Å². The minimum atomic E-state index is -3.14. The van der Waals surface area contributed by atoms with Crippen molar-refractivity contribution in [1.29, 1.82) is 0 Å². The van der Waals surface area contributed by atoms with Gasteiger partial charge in [0.25, 0.3) is 0 Å². The molecule has 1 heterocycles. The number of carbonyl (C=O) groups excluding carboxylic acids is 1. The van der Waals surface area contributed by atoms with Crippen LogP contribution >= 0.6 is 0 Å². The van der Waals surface area contributed by atoms with Crippen LogP contribution in [-0.4, -0.2) is 31.4 Å². The van der Waals surface area contributed by atoms with E-state index in [1.165, 1.54) is 5.56 Å². The maximum atomic E-state index is 12.7. The molecule has 0 unspecified atom stereocenters. The van der Waals surface area contributed by atoms with Crippen LogP contribution in [0.3, 0.4) is 0 Å². The number of para-hydroxylation sites is 1. The summed E-state index contributed by atoms with van der Waals surface area (Å²) in [5, 5.41) is -0.221. The van der Waals surface area contributed by atoms with E-state index < -0.39 is 9.84 Å². The van der Waals surface area contributed by atoms with Gasteiger partial charge in [-0.1, -0.05) is 31.0 Å². The second-order valence-electron chi connectivity index (χ2n) is 6.80. The van der Waals surface area contributed by atoms with Crippen molar-refractivity contribution in [2.75, 3.05) is 10.7 Å². The van der Waals surface area contributed by atoms with Crippen LogP contribution in [0.15, 0.2) is 24.3 Å². The number of aryl methyl sites for hydroxylation is 1. The lowest BCUT2D eigenvalue weighted by Gasteiger charge is -2.35. The molecule has 0 bridgehead atoms. The van der Waals surface area contributed by atoms with Crippen molar-refractivity contribution < 1.29 is 13.2 Å². The summed E-state index contributed by atoms with van der Waals surface area (Å²) in [7, 11) is -3.14. The highest BCUT2D eigenvalue weighted by Crippen LogP contribution is 2.31. The fraction of sp³-hybridized carbons (Fsp3) is 0.611. The standard InChI is InChI=1S/C18H25NO3S/c1-14-10-11-15-6-2-5-9-17(15)19(14)18(20)12-13-23(21,22)16-7-3-4-8-16/h2,5-6,9,14,16H,3-4,7-8,10-13H2,1H3/t14-/m1/s1. The Morgan fingerprint density at radius 3 is 2.61 bits per heavy atom. The van der Waals surface area contributed by atoms with E-state index in [0.29, 0.717) is 0 Å². The van der Waals surface area contributed by atoms with Crippen LogP contribution in [0.4, 0.5) is 5.69 Å². The number of benzene rings is 1. The van der Waals surface area contributed by atoms with Crippen LogP contribution in [0.2, 0.25) is 0 Å². The second kappa shape index (κ2) is 6.63. The Morgan fingerprint density at radius 1 is 1.17 bits per heavy atom. The van der Waals surface area contributed by atoms with E-state index in [1.807, 2.05) is 30.0 Å². The molecule has 0 spiro atoms. The number of amides is 1. The Hall–Kier alpha value is -1.36. The molecule has 0 aromatic heterocycles. The zero-order chi connectivity index (χ0) is 16.4. The number of nitrogens with zero attached hydrogens (tertiary/aromatic N) is 1. The van der Waals surface area contributed by atoms with E-state index >= 15 is 0 Å². The molecule has 23 heavy (non-hydrogen) atoms. The first-order chi connectivity index (χ1) is 11.0. The molecule has 1 aromatic carbocycles. The summed E-state index contributed by atoms with van der Waals surface area (Å²) in [5.74, 6) is -0.0757. The van der Waals surface area contributed by atoms with Crippen molar-refractivity contribution in [3.05, 3.63) is 29.8 Å². The summed E-state index contributed by atoms with van der Waals surface area (Å²) in [5.41, 5.74) is 2.13. The molecule has 1 aliphatic heterocycles. The molecule has 1 aromatic rings. The van der Waals surface area contributed by atoms with Gasteiger partial charge in [0.15, 0.2) is 9.84 Å². The van der Waals surface area contributed by atoms with Gasteiger partial charge in [0.2, 0.25) is 5.91 Å². The van der Waals surface area contributed by atoms with Crippen molar-refractivity contribution in [3.8, 4) is 0 Å². The van der Waals surface area contributed by atoms with Crippen LogP contribution < -0.4 is 4.90 Å². The average molecular weight is 335 g/mol. The second-order valence-corrected chi connectivity index (χ2v) is 9.20. The van der Waals surface area contributed by atoms with E-state index in [-0.39, 0.29) is 29.4 Å². The molecule has 4 nitrogen and oxygen atoms in total. The molecule has 1 aliphatic carbocycles. The molecule has 3 rings (SSSR count). The highest BCUT2D eigenvalue weighted by atomic mass is 32.2. The summed E-state index contributed by atoms with van der Waals surface area (Å²) >= 11 is 0. The Kier molecular flexibility index (Phi) is 4.76. The van der Waals surface area contributed by atoms with Gasteiger partial charge in [0, 0.05) is 18.2 Å². The Balaban J connectivity index is 1.71. The molecular formula is C18H25NO3S. The topological polar surface area (TPSA) is 54.5 Å². The van der Waals surface area contributed by atoms with E-state index in [2.05, 4.69) is 6.07 Å². The number of sulfone groups is 1. The van der Waals surface area contributed by atoms with Crippen LogP contribution in [0, 0.1) is 0 Å². The zero-order valence-electron chi connectivity index (χ0n) is 13.7. The van der Waals surface area contributed by atoms with Gasteiger partial charge in [-0.2, -0.15) is 0 Å². The quantitative estimate of drug-likeness (QED) is 0.849. The van der Waals surface area contributed by atoms with E-state index in [1.54, 1.807) is 0 Å². The molecule has 5 heteroatoms. The van der Waals surface area contributed by atoms with Gasteiger partial charge in [-0.05, 0) is 44.2 Å². The van der Waals surface area contributed by atoms with Crippen LogP contribution in [0.25, 0.3) is 0 Å². The summed E-state index contributed by atoms with van der Waals surface area (Å²) in [6.07, 6.45) is 5.51. The Morgan fingerprint density at radius 2 is 1.87 bits per heavy atom. The van der Waals surface area contributed by atoms with Gasteiger partial charge >= 0.3 is 0 Å². The highest BCUT2D eigenvalue weighted by molar-refractivity contribution is 7.92. The normalized spacial score (nSPS) is 22.1. The third-order valence-electron chi connectivity index (χ3n) is 5.20. The van der Waals surface area contributed by atoms with Crippen LogP contribution in [-0.2, 0) is 21.1 Å². The van der Waals surface area contributed by atoms with Gasteiger partial charge in [0.05, 0.1) is 11.0 Å². The van der Waals surface area contributed by atoms with Gasteiger partial charge < -0.3 is 4.90 Å². The molecule has 126 valence electrons. The lowest BCUT2D eigenvalue weighted by atomic mass is 9.96. The molecule has 1 amide bonds. The third-order valence-corrected chi connectivity index (χ3v) is 7.46. The van der Waals surface area contributed by atoms with Crippen molar-refractivity contribution >= 4 is 21.4 Å². The van der Waals surface area contributed by atoms with Crippen LogP contribution in [0.1, 0.15) is 51.0 Å². The molecule has 0 saturated heterocycles. The first-order valence-electron chi connectivity index (χ1n) is 8.60. The minimum Gasteiger partial charge on any atom is -0.309 e. The fourth-order valence-corrected chi connectivity index (χ4v) is 5.68. The number of hydrogen-bond acceptors (Lipinski definition) is 3. The number of fused-ring (bicyclic) bond motifs is 1. The third kappa shape index (κ3) is 3.44. The van der Waals surface area contributed by atoms with Crippen LogP contribution in [0.5, 0.6) is 0 Å². The maximum absolute atomic E-state index is 12.7. The monoisotopic (exact) mass is 335 g/mol. The summed E-state index contributed by atoms with van der Waals surface area (Å²) < 4.78 is 24.8. The van der Waals surface area contributed by atoms with E-state index in [9.17, 15) is 13.2 Å². The average Bonchev–Trinajstić information content (AvgIpc) is 3.08. The lowest BCUT2D eigenvalue weighted by molar-refractivity contribution is -0.118. The molecule has 1 fully saturated rings. The first kappa shape index (κ1) is 16.5. The van der Waals surface area contributed by atoms with E-state index in [4.69, 9.17) is 0 Å². The van der Waals surface area contributed by atoms with Gasteiger partial charge in [-0.25, -0.2) is 8.42 Å². The molecule has 0 N–H and O–H groups in total. The first-order valence-corrected chi connectivity index (χ1v) is 10.3. The molecule has 2 aliphatic rings. The minimum absolute atomic E-state index is 0.0120. The summed E-state index contributed by atoms with van der Waals surface area (Å²) in [6.45, 7) is 2.04. The SMILES string of the molecule is C[C@@H]1CCc2ccccc2N1C(=O)CCS(=O)(=O)C1CCCC1. The fourth-order valence-electron chi connectivity index (χ4n) is 3.83. The smallest absolute Gasteiger partial charge is 0.228 e. The van der Waals surface area contributed by atoms with Gasteiger partial charge in [-0.3, -0.25) is 4.79 Å². The predicted octanol–water partition coefficient (Wildman–Crippen LogP) is 3.10. The molecule has 1 atom stereocenters. The lowest BCUT2D eigenvalue weighted by Crippen LogP contribution is -2.43. The summed E-state index contributed by atoms with van der Waals surface area (Å²) in [4.78, 5) is 14.5. The molecular weight excluding hydrogens is 310 g/mol. The number of anilines is 1. The van der Waals surface area contributed by atoms with Crippen molar-refractivity contribution in [2.45, 2.75) is 63.2 Å². The molecule has 1 saturated carbocycles. The Labute approximate surface area is 138 Å². The number of hydrogen-bond donors (Lipinski definition) is 0. The number of rotatable bonds is 4. The summed E-state index contributed by atoms with van der Waals surface area (Å²) in [6, 6.07) is 8.08. The predicted molar refractivity (Wildman–Crippen MR) is 92.4 cm³/mol. The van der Waals surface area contributed by atoms with E-state index in [0.717, 1.165) is 44.2 Å². The molecule has 0 radical (unpaired) electrons. The van der Waals surface area contributed by atoms with Crippen molar-refractivity contribution in [3.63, 3.8) is 0 Å². The maximum Gasteiger partial charge on any atom is 0.228 e. The highest BCUT2D eigenvalue weighted by Gasteiger charge is 2.32.